The second kappa shape index (κ2) is 3.71. The lowest BCUT2D eigenvalue weighted by molar-refractivity contribution is -0.116. The summed E-state index contributed by atoms with van der Waals surface area (Å²) in [6.45, 7) is 2.11. The Kier molecular flexibility index (Phi) is 2.56. The van der Waals surface area contributed by atoms with Crippen molar-refractivity contribution in [2.24, 2.45) is 5.73 Å². The molecule has 1 aromatic heterocycles. The fourth-order valence-electron chi connectivity index (χ4n) is 1.64. The molecule has 0 radical (unpaired) electrons. The lowest BCUT2D eigenvalue weighted by Gasteiger charge is -2.05. The van der Waals surface area contributed by atoms with E-state index in [0.717, 1.165) is 23.4 Å². The Balaban J connectivity index is 2.38. The van der Waals surface area contributed by atoms with Crippen molar-refractivity contribution < 1.29 is 4.79 Å². The highest BCUT2D eigenvalue weighted by Crippen LogP contribution is 2.35. The lowest BCUT2D eigenvalue weighted by Crippen LogP contribution is -2.09. The second-order valence-electron chi connectivity index (χ2n) is 3.54. The highest BCUT2D eigenvalue weighted by molar-refractivity contribution is 7.12. The molecule has 1 unspecified atom stereocenters. The molecule has 0 spiro atoms. The van der Waals surface area contributed by atoms with Crippen LogP contribution < -0.4 is 11.1 Å². The molecule has 0 fully saturated rings. The number of rotatable bonds is 1. The Bertz CT molecular complexity index is 359. The van der Waals surface area contributed by atoms with Crippen molar-refractivity contribution in [1.82, 2.24) is 0 Å². The van der Waals surface area contributed by atoms with Gasteiger partial charge >= 0.3 is 0 Å². The SMILES string of the molecule is CCc1cc2c(s1)C(N)CCC(=O)N2. The fraction of sp³-hybridized carbons (Fsp3) is 0.500. The summed E-state index contributed by atoms with van der Waals surface area (Å²) in [5.41, 5.74) is 6.93. The molecular formula is C10H14N2OS. The van der Waals surface area contributed by atoms with Gasteiger partial charge in [0.25, 0.3) is 0 Å². The van der Waals surface area contributed by atoms with Gasteiger partial charge in [-0.1, -0.05) is 6.92 Å². The van der Waals surface area contributed by atoms with Crippen LogP contribution in [0.5, 0.6) is 0 Å². The van der Waals surface area contributed by atoms with Gasteiger partial charge < -0.3 is 11.1 Å². The molecule has 1 atom stereocenters. The van der Waals surface area contributed by atoms with E-state index in [2.05, 4.69) is 12.2 Å². The summed E-state index contributed by atoms with van der Waals surface area (Å²) in [5, 5.41) is 2.90. The van der Waals surface area contributed by atoms with Gasteiger partial charge in [-0.3, -0.25) is 4.79 Å². The molecule has 0 aliphatic carbocycles. The molecule has 3 N–H and O–H groups in total. The summed E-state index contributed by atoms with van der Waals surface area (Å²) in [7, 11) is 0. The summed E-state index contributed by atoms with van der Waals surface area (Å²) < 4.78 is 0. The zero-order chi connectivity index (χ0) is 10.1. The van der Waals surface area contributed by atoms with Crippen LogP contribution in [-0.4, -0.2) is 5.91 Å². The topological polar surface area (TPSA) is 55.1 Å². The molecular weight excluding hydrogens is 196 g/mol. The van der Waals surface area contributed by atoms with Gasteiger partial charge in [0.1, 0.15) is 0 Å². The van der Waals surface area contributed by atoms with Crippen LogP contribution in [-0.2, 0) is 11.2 Å². The minimum atomic E-state index is 0.0225. The maximum atomic E-state index is 11.3. The third kappa shape index (κ3) is 1.67. The normalized spacial score (nSPS) is 21.3. The van der Waals surface area contributed by atoms with E-state index in [1.54, 1.807) is 11.3 Å². The van der Waals surface area contributed by atoms with Gasteiger partial charge in [-0.05, 0) is 18.9 Å². The number of amides is 1. The minimum absolute atomic E-state index is 0.0225. The van der Waals surface area contributed by atoms with E-state index < -0.39 is 0 Å². The first kappa shape index (κ1) is 9.68. The molecule has 0 saturated heterocycles. The molecule has 2 rings (SSSR count). The molecule has 1 amide bonds. The maximum absolute atomic E-state index is 11.3. The maximum Gasteiger partial charge on any atom is 0.224 e. The first-order valence-electron chi connectivity index (χ1n) is 4.88. The van der Waals surface area contributed by atoms with Crippen molar-refractivity contribution in [2.45, 2.75) is 32.2 Å². The number of carbonyl (C=O) groups is 1. The monoisotopic (exact) mass is 210 g/mol. The summed E-state index contributed by atoms with van der Waals surface area (Å²) >= 11 is 1.72. The van der Waals surface area contributed by atoms with Crippen LogP contribution in [0.3, 0.4) is 0 Å². The van der Waals surface area contributed by atoms with E-state index in [9.17, 15) is 4.79 Å². The number of nitrogens with one attached hydrogen (secondary N) is 1. The number of hydrogen-bond acceptors (Lipinski definition) is 3. The van der Waals surface area contributed by atoms with Crippen LogP contribution in [0, 0.1) is 0 Å². The summed E-state index contributed by atoms with van der Waals surface area (Å²) in [6.07, 6.45) is 2.28. The quantitative estimate of drug-likeness (QED) is 0.745. The van der Waals surface area contributed by atoms with E-state index in [4.69, 9.17) is 5.73 Å². The molecule has 1 aliphatic heterocycles. The predicted octanol–water partition coefficient (Wildman–Crippen LogP) is 2.04. The van der Waals surface area contributed by atoms with E-state index in [0.29, 0.717) is 6.42 Å². The average Bonchev–Trinajstić information content (AvgIpc) is 2.52. The van der Waals surface area contributed by atoms with Crippen LogP contribution in [0.25, 0.3) is 0 Å². The van der Waals surface area contributed by atoms with Gasteiger partial charge in [0.05, 0.1) is 5.69 Å². The van der Waals surface area contributed by atoms with Crippen LogP contribution in [0.15, 0.2) is 6.07 Å². The number of aryl methyl sites for hydroxylation is 1. The highest BCUT2D eigenvalue weighted by atomic mass is 32.1. The number of nitrogens with two attached hydrogens (primary N) is 1. The molecule has 4 heteroatoms. The third-order valence-electron chi connectivity index (χ3n) is 2.45. The Morgan fingerprint density at radius 3 is 3.21 bits per heavy atom. The van der Waals surface area contributed by atoms with Crippen molar-refractivity contribution in [1.29, 1.82) is 0 Å². The summed E-state index contributed by atoms with van der Waals surface area (Å²) in [4.78, 5) is 13.7. The van der Waals surface area contributed by atoms with Crippen molar-refractivity contribution in [3.63, 3.8) is 0 Å². The molecule has 1 aromatic rings. The average molecular weight is 210 g/mol. The summed E-state index contributed by atoms with van der Waals surface area (Å²) in [6, 6.07) is 2.07. The van der Waals surface area contributed by atoms with E-state index >= 15 is 0 Å². The van der Waals surface area contributed by atoms with Gasteiger partial charge in [0, 0.05) is 22.2 Å². The van der Waals surface area contributed by atoms with E-state index in [1.807, 2.05) is 6.07 Å². The smallest absolute Gasteiger partial charge is 0.224 e. The standard InChI is InChI=1S/C10H14N2OS/c1-2-6-5-8-10(14-6)7(11)3-4-9(13)12-8/h5,7H,2-4,11H2,1H3,(H,12,13). The van der Waals surface area contributed by atoms with Crippen LogP contribution >= 0.6 is 11.3 Å². The largest absolute Gasteiger partial charge is 0.325 e. The molecule has 14 heavy (non-hydrogen) atoms. The molecule has 1 aliphatic rings. The third-order valence-corrected chi connectivity index (χ3v) is 3.86. The fourth-order valence-corrected chi connectivity index (χ4v) is 2.73. The van der Waals surface area contributed by atoms with Crippen molar-refractivity contribution in [3.05, 3.63) is 15.8 Å². The van der Waals surface area contributed by atoms with Crippen LogP contribution in [0.4, 0.5) is 5.69 Å². The number of hydrogen-bond donors (Lipinski definition) is 2. The molecule has 0 aromatic carbocycles. The van der Waals surface area contributed by atoms with Gasteiger partial charge in [-0.15, -0.1) is 11.3 Å². The number of carbonyl (C=O) groups excluding carboxylic acids is 1. The predicted molar refractivity (Wildman–Crippen MR) is 58.5 cm³/mol. The van der Waals surface area contributed by atoms with Gasteiger partial charge in [-0.25, -0.2) is 0 Å². The Hall–Kier alpha value is -0.870. The first-order valence-corrected chi connectivity index (χ1v) is 5.70. The zero-order valence-electron chi connectivity index (χ0n) is 8.17. The molecule has 76 valence electrons. The second-order valence-corrected chi connectivity index (χ2v) is 4.71. The first-order chi connectivity index (χ1) is 6.70. The highest BCUT2D eigenvalue weighted by Gasteiger charge is 2.21. The lowest BCUT2D eigenvalue weighted by atomic mass is 10.1. The van der Waals surface area contributed by atoms with Gasteiger partial charge in [0.15, 0.2) is 0 Å². The van der Waals surface area contributed by atoms with Crippen LogP contribution in [0.1, 0.15) is 35.6 Å². The van der Waals surface area contributed by atoms with Gasteiger partial charge in [0.2, 0.25) is 5.91 Å². The summed E-state index contributed by atoms with van der Waals surface area (Å²) in [5.74, 6) is 0.0830. The van der Waals surface area contributed by atoms with Crippen LogP contribution in [0.2, 0.25) is 0 Å². The molecule has 0 saturated carbocycles. The van der Waals surface area contributed by atoms with Crippen molar-refractivity contribution in [2.75, 3.05) is 5.32 Å². The number of anilines is 1. The number of fused-ring (bicyclic) bond motifs is 1. The van der Waals surface area contributed by atoms with E-state index in [1.165, 1.54) is 4.88 Å². The van der Waals surface area contributed by atoms with E-state index in [-0.39, 0.29) is 11.9 Å². The Labute approximate surface area is 87.3 Å². The van der Waals surface area contributed by atoms with Crippen molar-refractivity contribution >= 4 is 22.9 Å². The van der Waals surface area contributed by atoms with Crippen molar-refractivity contribution in [3.8, 4) is 0 Å². The zero-order valence-corrected chi connectivity index (χ0v) is 8.99. The Morgan fingerprint density at radius 2 is 2.50 bits per heavy atom. The minimum Gasteiger partial charge on any atom is -0.325 e. The number of thiophene rings is 1. The molecule has 2 heterocycles. The molecule has 0 bridgehead atoms. The molecule has 3 nitrogen and oxygen atoms in total. The van der Waals surface area contributed by atoms with Gasteiger partial charge in [-0.2, -0.15) is 0 Å². The Morgan fingerprint density at radius 1 is 1.71 bits per heavy atom.